The Balaban J connectivity index is 1.81. The highest BCUT2D eigenvalue weighted by Crippen LogP contribution is 2.52. The number of hydrogen-bond acceptors (Lipinski definition) is 3. The van der Waals surface area contributed by atoms with Gasteiger partial charge in [0.05, 0.1) is 7.11 Å². The second kappa shape index (κ2) is 3.69. The van der Waals surface area contributed by atoms with Crippen molar-refractivity contribution in [3.8, 4) is 0 Å². The van der Waals surface area contributed by atoms with E-state index in [2.05, 4.69) is 16.9 Å². The van der Waals surface area contributed by atoms with E-state index < -0.39 is 5.97 Å². The van der Waals surface area contributed by atoms with Crippen molar-refractivity contribution in [1.82, 2.24) is 0 Å². The van der Waals surface area contributed by atoms with Crippen LogP contribution < -0.4 is 0 Å². The molecule has 0 spiro atoms. The van der Waals surface area contributed by atoms with Crippen LogP contribution >= 0.6 is 0 Å². The molecule has 17 heavy (non-hydrogen) atoms. The van der Waals surface area contributed by atoms with E-state index in [4.69, 9.17) is 0 Å². The standard InChI is InChI=1S/C14H14O3/c1-17-12(15)5-4-10-7-11-8-2-3-9(6-8)13(11)14(10)16/h2-5,7-9,11,13H,6H2,1H3/b5-4+. The number of ether oxygens (including phenoxy) is 1. The second-order valence-corrected chi connectivity index (χ2v) is 4.89. The molecule has 0 radical (unpaired) electrons. The number of ketones is 1. The molecule has 0 saturated heterocycles. The first-order valence-electron chi connectivity index (χ1n) is 5.91. The lowest BCUT2D eigenvalue weighted by atomic mass is 9.85. The molecule has 3 aliphatic carbocycles. The predicted molar refractivity (Wildman–Crippen MR) is 62.0 cm³/mol. The lowest BCUT2D eigenvalue weighted by Gasteiger charge is -2.17. The Labute approximate surface area is 99.8 Å². The van der Waals surface area contributed by atoms with E-state index in [1.54, 1.807) is 6.08 Å². The average Bonchev–Trinajstić information content (AvgIpc) is 2.99. The van der Waals surface area contributed by atoms with E-state index in [1.165, 1.54) is 13.2 Å². The summed E-state index contributed by atoms with van der Waals surface area (Å²) in [5, 5.41) is 0. The van der Waals surface area contributed by atoms with E-state index >= 15 is 0 Å². The minimum atomic E-state index is -0.420. The van der Waals surface area contributed by atoms with Gasteiger partial charge in [-0.25, -0.2) is 4.79 Å². The third kappa shape index (κ3) is 1.49. The Morgan fingerprint density at radius 2 is 2.18 bits per heavy atom. The number of methoxy groups -OCH3 is 1. The van der Waals surface area contributed by atoms with E-state index in [1.807, 2.05) is 6.08 Å². The number of rotatable bonds is 2. The third-order valence-corrected chi connectivity index (χ3v) is 4.08. The molecule has 2 bridgehead atoms. The van der Waals surface area contributed by atoms with Crippen LogP contribution in [0.1, 0.15) is 6.42 Å². The minimum absolute atomic E-state index is 0.127. The van der Waals surface area contributed by atoms with Crippen molar-refractivity contribution in [2.75, 3.05) is 7.11 Å². The zero-order valence-corrected chi connectivity index (χ0v) is 9.63. The van der Waals surface area contributed by atoms with Gasteiger partial charge in [0.25, 0.3) is 0 Å². The van der Waals surface area contributed by atoms with Crippen LogP contribution in [0.5, 0.6) is 0 Å². The maximum Gasteiger partial charge on any atom is 0.330 e. The normalized spacial score (nSPS) is 37.7. The Bertz CT molecular complexity index is 470. The van der Waals surface area contributed by atoms with Crippen molar-refractivity contribution in [1.29, 1.82) is 0 Å². The van der Waals surface area contributed by atoms with Crippen molar-refractivity contribution >= 4 is 11.8 Å². The molecule has 0 aromatic rings. The fourth-order valence-electron chi connectivity index (χ4n) is 3.30. The molecule has 4 unspecified atom stereocenters. The highest BCUT2D eigenvalue weighted by Gasteiger charge is 2.50. The quantitative estimate of drug-likeness (QED) is 0.411. The van der Waals surface area contributed by atoms with E-state index in [0.717, 1.165) is 6.42 Å². The van der Waals surface area contributed by atoms with Gasteiger partial charge in [0, 0.05) is 17.6 Å². The average molecular weight is 230 g/mol. The van der Waals surface area contributed by atoms with Crippen LogP contribution in [0.4, 0.5) is 0 Å². The molecule has 1 fully saturated rings. The summed E-state index contributed by atoms with van der Waals surface area (Å²) in [6.45, 7) is 0. The van der Waals surface area contributed by atoms with Crippen LogP contribution in [-0.4, -0.2) is 18.9 Å². The summed E-state index contributed by atoms with van der Waals surface area (Å²) in [7, 11) is 1.33. The van der Waals surface area contributed by atoms with Crippen LogP contribution in [0, 0.1) is 23.7 Å². The number of hydrogen-bond donors (Lipinski definition) is 0. The summed E-state index contributed by atoms with van der Waals surface area (Å²) >= 11 is 0. The summed E-state index contributed by atoms with van der Waals surface area (Å²) in [6, 6.07) is 0. The highest BCUT2D eigenvalue weighted by molar-refractivity contribution is 6.04. The van der Waals surface area contributed by atoms with Gasteiger partial charge in [-0.15, -0.1) is 0 Å². The first-order valence-corrected chi connectivity index (χ1v) is 5.91. The fourth-order valence-corrected chi connectivity index (χ4v) is 3.30. The smallest absolute Gasteiger partial charge is 0.330 e. The Morgan fingerprint density at radius 3 is 2.88 bits per heavy atom. The predicted octanol–water partition coefficient (Wildman–Crippen LogP) is 1.66. The van der Waals surface area contributed by atoms with Crippen LogP contribution in [0.25, 0.3) is 0 Å². The second-order valence-electron chi connectivity index (χ2n) is 4.89. The van der Waals surface area contributed by atoms with Crippen molar-refractivity contribution in [2.45, 2.75) is 6.42 Å². The molecule has 3 aliphatic rings. The molecule has 0 aromatic carbocycles. The molecule has 3 nitrogen and oxygen atoms in total. The largest absolute Gasteiger partial charge is 0.466 e. The Hall–Kier alpha value is -1.64. The topological polar surface area (TPSA) is 43.4 Å². The summed E-state index contributed by atoms with van der Waals surface area (Å²) in [4.78, 5) is 23.2. The lowest BCUT2D eigenvalue weighted by Crippen LogP contribution is -2.20. The zero-order chi connectivity index (χ0) is 12.0. The van der Waals surface area contributed by atoms with Gasteiger partial charge < -0.3 is 4.74 Å². The van der Waals surface area contributed by atoms with Gasteiger partial charge in [0.15, 0.2) is 5.78 Å². The molecule has 0 aliphatic heterocycles. The van der Waals surface area contributed by atoms with Crippen LogP contribution in [0.2, 0.25) is 0 Å². The summed E-state index contributed by atoms with van der Waals surface area (Å²) < 4.78 is 4.52. The van der Waals surface area contributed by atoms with Crippen molar-refractivity contribution in [3.63, 3.8) is 0 Å². The summed E-state index contributed by atoms with van der Waals surface area (Å²) in [5.74, 6) is 1.19. The number of Topliss-reactive ketones (excluding diaryl/α,β-unsaturated/α-hetero) is 1. The number of fused-ring (bicyclic) bond motifs is 5. The van der Waals surface area contributed by atoms with Gasteiger partial charge in [0.2, 0.25) is 0 Å². The fraction of sp³-hybridized carbons (Fsp3) is 0.429. The Morgan fingerprint density at radius 1 is 1.41 bits per heavy atom. The number of carbonyl (C=O) groups is 2. The molecular weight excluding hydrogens is 216 g/mol. The third-order valence-electron chi connectivity index (χ3n) is 4.08. The van der Waals surface area contributed by atoms with Crippen LogP contribution in [0.15, 0.2) is 36.0 Å². The van der Waals surface area contributed by atoms with Crippen LogP contribution in [-0.2, 0) is 14.3 Å². The van der Waals surface area contributed by atoms with Crippen molar-refractivity contribution in [3.05, 3.63) is 36.0 Å². The van der Waals surface area contributed by atoms with E-state index in [0.29, 0.717) is 23.3 Å². The molecule has 0 heterocycles. The number of carbonyl (C=O) groups excluding carboxylic acids is 2. The van der Waals surface area contributed by atoms with Gasteiger partial charge >= 0.3 is 5.97 Å². The highest BCUT2D eigenvalue weighted by atomic mass is 16.5. The molecule has 0 aromatic heterocycles. The summed E-state index contributed by atoms with van der Waals surface area (Å²) in [5.41, 5.74) is 0.670. The monoisotopic (exact) mass is 230 g/mol. The van der Waals surface area contributed by atoms with Gasteiger partial charge in [-0.3, -0.25) is 4.79 Å². The maximum absolute atomic E-state index is 12.2. The summed E-state index contributed by atoms with van der Waals surface area (Å²) in [6.07, 6.45) is 10.4. The molecular formula is C14H14O3. The lowest BCUT2D eigenvalue weighted by molar-refractivity contribution is -0.134. The first kappa shape index (κ1) is 10.5. The van der Waals surface area contributed by atoms with Crippen molar-refractivity contribution in [2.24, 2.45) is 23.7 Å². The molecule has 0 amide bonds. The van der Waals surface area contributed by atoms with Crippen molar-refractivity contribution < 1.29 is 14.3 Å². The molecule has 4 atom stereocenters. The molecule has 88 valence electrons. The van der Waals surface area contributed by atoms with E-state index in [9.17, 15) is 9.59 Å². The molecule has 3 rings (SSSR count). The Kier molecular flexibility index (Phi) is 2.28. The van der Waals surface area contributed by atoms with Gasteiger partial charge in [0.1, 0.15) is 0 Å². The van der Waals surface area contributed by atoms with Gasteiger partial charge in [-0.05, 0) is 30.3 Å². The van der Waals surface area contributed by atoms with Gasteiger partial charge in [-0.1, -0.05) is 18.2 Å². The number of allylic oxidation sites excluding steroid dienone is 5. The molecule has 3 heteroatoms. The van der Waals surface area contributed by atoms with E-state index in [-0.39, 0.29) is 11.7 Å². The zero-order valence-electron chi connectivity index (χ0n) is 9.63. The SMILES string of the molecule is COC(=O)/C=C/C1=CC2C3C=CC(C3)C2C1=O. The molecule has 1 saturated carbocycles. The minimum Gasteiger partial charge on any atom is -0.466 e. The van der Waals surface area contributed by atoms with Gasteiger partial charge in [-0.2, -0.15) is 0 Å². The molecule has 0 N–H and O–H groups in total. The maximum atomic E-state index is 12.2. The first-order chi connectivity index (χ1) is 8.20. The van der Waals surface area contributed by atoms with Crippen LogP contribution in [0.3, 0.4) is 0 Å². The number of esters is 1.